The van der Waals surface area contributed by atoms with Gasteiger partial charge in [-0.15, -0.1) is 24.8 Å². The van der Waals surface area contributed by atoms with E-state index in [9.17, 15) is 4.79 Å². The van der Waals surface area contributed by atoms with Gasteiger partial charge in [0.2, 0.25) is 0 Å². The van der Waals surface area contributed by atoms with Gasteiger partial charge in [-0.2, -0.15) is 0 Å². The van der Waals surface area contributed by atoms with Crippen molar-refractivity contribution in [1.29, 1.82) is 0 Å². The average Bonchev–Trinajstić information content (AvgIpc) is 2.84. The lowest BCUT2D eigenvalue weighted by Gasteiger charge is -2.23. The minimum atomic E-state index is 0. The molecule has 148 valence electrons. The van der Waals surface area contributed by atoms with Crippen LogP contribution in [0.1, 0.15) is 27.9 Å². The number of anilines is 1. The van der Waals surface area contributed by atoms with Crippen LogP contribution in [0.3, 0.4) is 0 Å². The van der Waals surface area contributed by atoms with Gasteiger partial charge in [-0.3, -0.25) is 9.69 Å². The molecule has 0 atom stereocenters. The number of nitrogens with zero attached hydrogens (tertiary/aromatic N) is 2. The van der Waals surface area contributed by atoms with E-state index >= 15 is 0 Å². The minimum Gasteiger partial charge on any atom is -0.399 e. The van der Waals surface area contributed by atoms with Crippen molar-refractivity contribution in [3.05, 3.63) is 64.2 Å². The van der Waals surface area contributed by atoms with Crippen molar-refractivity contribution in [2.45, 2.75) is 19.9 Å². The van der Waals surface area contributed by atoms with Gasteiger partial charge in [0.05, 0.1) is 0 Å². The Kier molecular flexibility index (Phi) is 9.40. The number of nitrogen functional groups attached to an aromatic ring is 1. The quantitative estimate of drug-likeness (QED) is 0.733. The first-order valence-electron chi connectivity index (χ1n) is 8.65. The van der Waals surface area contributed by atoms with Crippen LogP contribution in [0.2, 0.25) is 5.02 Å². The second-order valence-corrected chi connectivity index (χ2v) is 7.06. The molecule has 4 nitrogen and oxygen atoms in total. The zero-order chi connectivity index (χ0) is 17.8. The molecule has 1 aliphatic heterocycles. The summed E-state index contributed by atoms with van der Waals surface area (Å²) < 4.78 is 0. The molecule has 2 aromatic carbocycles. The zero-order valence-corrected chi connectivity index (χ0v) is 17.7. The number of aryl methyl sites for hydroxylation is 1. The molecule has 2 aromatic rings. The van der Waals surface area contributed by atoms with E-state index in [0.717, 1.165) is 49.7 Å². The fourth-order valence-corrected chi connectivity index (χ4v) is 3.35. The Balaban J connectivity index is 0.00000182. The van der Waals surface area contributed by atoms with Crippen molar-refractivity contribution >= 4 is 48.0 Å². The van der Waals surface area contributed by atoms with Crippen LogP contribution in [0.4, 0.5) is 5.69 Å². The summed E-state index contributed by atoms with van der Waals surface area (Å²) in [6.07, 6.45) is 0.973. The van der Waals surface area contributed by atoms with Crippen molar-refractivity contribution in [1.82, 2.24) is 9.80 Å². The molecule has 0 unspecified atom stereocenters. The first-order valence-corrected chi connectivity index (χ1v) is 9.03. The number of hydrogen-bond acceptors (Lipinski definition) is 3. The van der Waals surface area contributed by atoms with Gasteiger partial charge in [0, 0.05) is 49.0 Å². The highest BCUT2D eigenvalue weighted by molar-refractivity contribution is 6.30. The van der Waals surface area contributed by atoms with E-state index in [2.05, 4.69) is 17.0 Å². The van der Waals surface area contributed by atoms with E-state index in [1.807, 2.05) is 36.1 Å². The normalized spacial score (nSPS) is 14.7. The lowest BCUT2D eigenvalue weighted by Crippen LogP contribution is -2.35. The highest BCUT2D eigenvalue weighted by Gasteiger charge is 2.21. The second kappa shape index (κ2) is 10.8. The first kappa shape index (κ1) is 23.6. The molecular formula is C20H26Cl3N3O. The molecule has 3 rings (SSSR count). The third-order valence-electron chi connectivity index (χ3n) is 4.69. The van der Waals surface area contributed by atoms with Gasteiger partial charge in [-0.1, -0.05) is 29.8 Å². The number of carbonyl (C=O) groups is 1. The van der Waals surface area contributed by atoms with Gasteiger partial charge in [-0.05, 0) is 48.7 Å². The van der Waals surface area contributed by atoms with Crippen LogP contribution in [-0.2, 0) is 6.54 Å². The summed E-state index contributed by atoms with van der Waals surface area (Å²) >= 11 is 5.95. The summed E-state index contributed by atoms with van der Waals surface area (Å²) in [4.78, 5) is 17.2. The average molecular weight is 431 g/mol. The van der Waals surface area contributed by atoms with Crippen LogP contribution in [0.5, 0.6) is 0 Å². The Bertz CT molecular complexity index is 753. The lowest BCUT2D eigenvalue weighted by molar-refractivity contribution is 0.0760. The molecule has 0 spiro atoms. The highest BCUT2D eigenvalue weighted by Crippen LogP contribution is 2.17. The molecule has 7 heteroatoms. The maximum Gasteiger partial charge on any atom is 0.254 e. The number of nitrogens with two attached hydrogens (primary N) is 1. The van der Waals surface area contributed by atoms with Gasteiger partial charge >= 0.3 is 0 Å². The monoisotopic (exact) mass is 429 g/mol. The molecule has 1 saturated heterocycles. The summed E-state index contributed by atoms with van der Waals surface area (Å²) in [5.41, 5.74) is 9.42. The molecular weight excluding hydrogens is 405 g/mol. The number of benzene rings is 2. The van der Waals surface area contributed by atoms with E-state index in [1.165, 1.54) is 5.56 Å². The van der Waals surface area contributed by atoms with Crippen LogP contribution >= 0.6 is 36.4 Å². The van der Waals surface area contributed by atoms with Crippen LogP contribution in [0, 0.1) is 6.92 Å². The standard InChI is InChI=1S/C20H24ClN3O.2ClH/c1-15-3-8-18(22)13-19(15)20(25)24-10-2-9-23(11-12-24)14-16-4-6-17(21)7-5-16;;/h3-8,13H,2,9-12,14,22H2,1H3;2*1H. The maximum absolute atomic E-state index is 12.9. The molecule has 1 aliphatic rings. The molecule has 27 heavy (non-hydrogen) atoms. The van der Waals surface area contributed by atoms with Gasteiger partial charge in [0.15, 0.2) is 0 Å². The molecule has 2 N–H and O–H groups in total. The fraction of sp³-hybridized carbons (Fsp3) is 0.350. The molecule has 1 heterocycles. The largest absolute Gasteiger partial charge is 0.399 e. The Hall–Kier alpha value is -1.46. The molecule has 0 saturated carbocycles. The van der Waals surface area contributed by atoms with E-state index in [-0.39, 0.29) is 30.7 Å². The summed E-state index contributed by atoms with van der Waals surface area (Å²) in [6.45, 7) is 6.22. The summed E-state index contributed by atoms with van der Waals surface area (Å²) in [5, 5.41) is 0.758. The number of amides is 1. The van der Waals surface area contributed by atoms with E-state index in [0.29, 0.717) is 11.3 Å². The predicted molar refractivity (Wildman–Crippen MR) is 117 cm³/mol. The number of rotatable bonds is 3. The summed E-state index contributed by atoms with van der Waals surface area (Å²) in [7, 11) is 0. The van der Waals surface area contributed by atoms with Gasteiger partial charge in [0.1, 0.15) is 0 Å². The van der Waals surface area contributed by atoms with Crippen molar-refractivity contribution < 1.29 is 4.79 Å². The maximum atomic E-state index is 12.9. The third kappa shape index (κ3) is 6.28. The number of carbonyl (C=O) groups excluding carboxylic acids is 1. The van der Waals surface area contributed by atoms with Crippen molar-refractivity contribution in [3.63, 3.8) is 0 Å². The van der Waals surface area contributed by atoms with E-state index in [1.54, 1.807) is 6.07 Å². The van der Waals surface area contributed by atoms with Gasteiger partial charge < -0.3 is 10.6 Å². The molecule has 0 radical (unpaired) electrons. The Morgan fingerprint density at radius 3 is 2.44 bits per heavy atom. The van der Waals surface area contributed by atoms with E-state index in [4.69, 9.17) is 17.3 Å². The molecule has 0 bridgehead atoms. The van der Waals surface area contributed by atoms with Crippen molar-refractivity contribution in [3.8, 4) is 0 Å². The highest BCUT2D eigenvalue weighted by atomic mass is 35.5. The summed E-state index contributed by atoms with van der Waals surface area (Å²) in [6, 6.07) is 13.5. The van der Waals surface area contributed by atoms with Crippen LogP contribution in [-0.4, -0.2) is 41.9 Å². The van der Waals surface area contributed by atoms with Crippen LogP contribution in [0.15, 0.2) is 42.5 Å². The topological polar surface area (TPSA) is 49.6 Å². The minimum absolute atomic E-state index is 0. The lowest BCUT2D eigenvalue weighted by atomic mass is 10.1. The van der Waals surface area contributed by atoms with Crippen LogP contribution < -0.4 is 5.73 Å². The second-order valence-electron chi connectivity index (χ2n) is 6.62. The van der Waals surface area contributed by atoms with E-state index < -0.39 is 0 Å². The molecule has 1 amide bonds. The Morgan fingerprint density at radius 1 is 1.04 bits per heavy atom. The first-order chi connectivity index (χ1) is 12.0. The zero-order valence-electron chi connectivity index (χ0n) is 15.4. The molecule has 0 aromatic heterocycles. The van der Waals surface area contributed by atoms with Gasteiger partial charge in [0.25, 0.3) is 5.91 Å². The predicted octanol–water partition coefficient (Wildman–Crippen LogP) is 4.42. The van der Waals surface area contributed by atoms with Crippen LogP contribution in [0.25, 0.3) is 0 Å². The Labute approximate surface area is 178 Å². The molecule has 1 fully saturated rings. The van der Waals surface area contributed by atoms with Crippen molar-refractivity contribution in [2.24, 2.45) is 0 Å². The fourth-order valence-electron chi connectivity index (χ4n) is 3.22. The Morgan fingerprint density at radius 2 is 1.74 bits per heavy atom. The summed E-state index contributed by atoms with van der Waals surface area (Å²) in [5.74, 6) is 0.0816. The van der Waals surface area contributed by atoms with Gasteiger partial charge in [-0.25, -0.2) is 0 Å². The smallest absolute Gasteiger partial charge is 0.254 e. The molecule has 0 aliphatic carbocycles. The third-order valence-corrected chi connectivity index (χ3v) is 4.94. The van der Waals surface area contributed by atoms with Crippen molar-refractivity contribution in [2.75, 3.05) is 31.9 Å². The SMILES string of the molecule is Cc1ccc(N)cc1C(=O)N1CCCN(Cc2ccc(Cl)cc2)CC1.Cl.Cl. The number of hydrogen-bond donors (Lipinski definition) is 1. The number of halogens is 3.